The summed E-state index contributed by atoms with van der Waals surface area (Å²) in [7, 11) is 1.44. The molecule has 2 fully saturated rings. The maximum absolute atomic E-state index is 2.44. The van der Waals surface area contributed by atoms with E-state index in [1.165, 1.54) is 35.9 Å². The van der Waals surface area contributed by atoms with Crippen molar-refractivity contribution >= 4 is 10.2 Å². The Morgan fingerprint density at radius 2 is 1.31 bits per heavy atom. The summed E-state index contributed by atoms with van der Waals surface area (Å²) >= 11 is 0. The van der Waals surface area contributed by atoms with Crippen molar-refractivity contribution in [1.82, 2.24) is 0 Å². The average molecular weight is 236 g/mol. The Balaban J connectivity index is 1.76. The van der Waals surface area contributed by atoms with Crippen LogP contribution in [-0.2, 0) is 0 Å². The summed E-state index contributed by atoms with van der Waals surface area (Å²) in [6.07, 6.45) is 16.9. The summed E-state index contributed by atoms with van der Waals surface area (Å²) in [5.74, 6) is 3.11. The molecule has 2 aliphatic rings. The molecule has 2 saturated carbocycles. The predicted molar refractivity (Wildman–Crippen MR) is 75.9 cm³/mol. The van der Waals surface area contributed by atoms with E-state index in [4.69, 9.17) is 0 Å². The Labute approximate surface area is 104 Å². The van der Waals surface area contributed by atoms with Gasteiger partial charge >= 0.3 is 0 Å². The normalized spacial score (nSPS) is 41.6. The highest BCUT2D eigenvalue weighted by atomic mass is 28.1. The van der Waals surface area contributed by atoms with Gasteiger partial charge in [0.1, 0.15) is 0 Å². The minimum Gasteiger partial charge on any atom is -0.0914 e. The van der Waals surface area contributed by atoms with E-state index in [0.29, 0.717) is 0 Å². The third kappa shape index (κ3) is 3.22. The molecule has 0 heterocycles. The summed E-state index contributed by atoms with van der Waals surface area (Å²) in [6.45, 7) is 2.17. The number of allylic oxidation sites excluding steroid dienone is 2. The van der Waals surface area contributed by atoms with Crippen LogP contribution >= 0.6 is 0 Å². The fraction of sp³-hybridized carbons (Fsp3) is 0.867. The Morgan fingerprint density at radius 3 is 1.81 bits per heavy atom. The third-order valence-corrected chi connectivity index (χ3v) is 6.16. The molecule has 0 radical (unpaired) electrons. The van der Waals surface area contributed by atoms with Gasteiger partial charge in [-0.1, -0.05) is 43.4 Å². The smallest absolute Gasteiger partial charge is 0.00672 e. The molecule has 0 unspecified atom stereocenters. The predicted octanol–water partition coefficient (Wildman–Crippen LogP) is 3.71. The second-order valence-electron chi connectivity index (χ2n) is 6.22. The molecule has 0 aromatic rings. The molecule has 0 spiro atoms. The Hall–Kier alpha value is -0.0431. The molecular weight excluding hydrogens is 208 g/mol. The van der Waals surface area contributed by atoms with Crippen molar-refractivity contribution in [1.29, 1.82) is 0 Å². The molecule has 0 atom stereocenters. The van der Waals surface area contributed by atoms with Crippen LogP contribution in [0.5, 0.6) is 0 Å². The van der Waals surface area contributed by atoms with E-state index in [0.717, 1.165) is 23.3 Å². The first-order chi connectivity index (χ1) is 7.79. The van der Waals surface area contributed by atoms with Crippen molar-refractivity contribution in [2.24, 2.45) is 17.8 Å². The monoisotopic (exact) mass is 236 g/mol. The Bertz CT molecular complexity index is 218. The minimum atomic E-state index is 0.913. The van der Waals surface area contributed by atoms with Gasteiger partial charge in [0.05, 0.1) is 0 Å². The molecule has 0 aromatic heterocycles. The minimum absolute atomic E-state index is 0.913. The topological polar surface area (TPSA) is 0 Å². The van der Waals surface area contributed by atoms with Crippen LogP contribution in [0.25, 0.3) is 0 Å². The van der Waals surface area contributed by atoms with E-state index in [9.17, 15) is 0 Å². The Morgan fingerprint density at radius 1 is 0.812 bits per heavy atom. The lowest BCUT2D eigenvalue weighted by atomic mass is 9.71. The lowest BCUT2D eigenvalue weighted by Gasteiger charge is -2.36. The first-order valence-corrected chi connectivity index (χ1v) is 8.58. The third-order valence-electron chi connectivity index (χ3n) is 5.01. The molecule has 1 heteroatoms. The van der Waals surface area contributed by atoms with Gasteiger partial charge in [-0.2, -0.15) is 0 Å². The molecule has 16 heavy (non-hydrogen) atoms. The molecule has 0 N–H and O–H groups in total. The highest BCUT2D eigenvalue weighted by Crippen LogP contribution is 2.42. The Kier molecular flexibility index (Phi) is 4.69. The fourth-order valence-electron chi connectivity index (χ4n) is 3.84. The van der Waals surface area contributed by atoms with Gasteiger partial charge in [-0.3, -0.25) is 0 Å². The summed E-state index contributed by atoms with van der Waals surface area (Å²) in [6, 6.07) is 0. The van der Waals surface area contributed by atoms with Gasteiger partial charge in [0, 0.05) is 10.2 Å². The second kappa shape index (κ2) is 6.04. The van der Waals surface area contributed by atoms with Crippen molar-refractivity contribution in [3.63, 3.8) is 0 Å². The van der Waals surface area contributed by atoms with Gasteiger partial charge in [0.25, 0.3) is 0 Å². The van der Waals surface area contributed by atoms with Gasteiger partial charge in [-0.25, -0.2) is 0 Å². The van der Waals surface area contributed by atoms with Gasteiger partial charge in [0.15, 0.2) is 0 Å². The number of rotatable bonds is 2. The summed E-state index contributed by atoms with van der Waals surface area (Å²) in [4.78, 5) is 0. The molecule has 0 bridgehead atoms. The van der Waals surface area contributed by atoms with E-state index < -0.39 is 0 Å². The molecule has 2 rings (SSSR count). The first kappa shape index (κ1) is 12.4. The summed E-state index contributed by atoms with van der Waals surface area (Å²) < 4.78 is 0. The first-order valence-electron chi connectivity index (χ1n) is 7.42. The van der Waals surface area contributed by atoms with Gasteiger partial charge in [-0.15, -0.1) is 0 Å². The van der Waals surface area contributed by atoms with Crippen LogP contribution in [-0.4, -0.2) is 10.2 Å². The highest BCUT2D eigenvalue weighted by Gasteiger charge is 2.28. The number of hydrogen-bond acceptors (Lipinski definition) is 0. The van der Waals surface area contributed by atoms with E-state index in [1.807, 2.05) is 0 Å². The van der Waals surface area contributed by atoms with Crippen molar-refractivity contribution in [2.75, 3.05) is 0 Å². The van der Waals surface area contributed by atoms with Crippen LogP contribution in [0.3, 0.4) is 0 Å². The van der Waals surface area contributed by atoms with Crippen LogP contribution in [0.4, 0.5) is 0 Å². The average Bonchev–Trinajstić information content (AvgIpc) is 2.32. The number of hydrogen-bond donors (Lipinski definition) is 0. The second-order valence-corrected chi connectivity index (χ2v) is 7.85. The van der Waals surface area contributed by atoms with Crippen LogP contribution < -0.4 is 0 Å². The van der Waals surface area contributed by atoms with Crippen LogP contribution in [0.15, 0.2) is 12.2 Å². The van der Waals surface area contributed by atoms with E-state index in [1.54, 1.807) is 25.7 Å². The summed E-state index contributed by atoms with van der Waals surface area (Å²) in [5.41, 5.74) is 1.15. The molecular formula is C15H28Si. The standard InChI is InChI=1S/C15H28Si/c1-2-3-12-4-6-13(7-5-12)14-8-10-15(16)11-9-14/h2-3,12-15H,4-11H2,1,16H3/b3-2+. The van der Waals surface area contributed by atoms with Crippen molar-refractivity contribution in [3.05, 3.63) is 12.2 Å². The maximum Gasteiger partial charge on any atom is 0.00672 e. The van der Waals surface area contributed by atoms with E-state index >= 15 is 0 Å². The zero-order valence-corrected chi connectivity index (χ0v) is 13.1. The molecule has 0 nitrogen and oxygen atoms in total. The van der Waals surface area contributed by atoms with Gasteiger partial charge in [-0.05, 0) is 50.4 Å². The molecule has 2 aliphatic carbocycles. The fourth-order valence-corrected chi connectivity index (χ4v) is 4.50. The van der Waals surface area contributed by atoms with Crippen LogP contribution in [0, 0.1) is 17.8 Å². The van der Waals surface area contributed by atoms with E-state index in [2.05, 4.69) is 19.1 Å². The lowest BCUT2D eigenvalue weighted by Crippen LogP contribution is -2.24. The summed E-state index contributed by atoms with van der Waals surface area (Å²) in [5, 5.41) is 0. The van der Waals surface area contributed by atoms with Crippen molar-refractivity contribution in [2.45, 2.75) is 63.8 Å². The highest BCUT2D eigenvalue weighted by molar-refractivity contribution is 6.11. The largest absolute Gasteiger partial charge is 0.0914 e. The van der Waals surface area contributed by atoms with Crippen LogP contribution in [0.2, 0.25) is 5.54 Å². The van der Waals surface area contributed by atoms with E-state index in [-0.39, 0.29) is 0 Å². The molecule has 0 aliphatic heterocycles. The molecule has 92 valence electrons. The van der Waals surface area contributed by atoms with Gasteiger partial charge in [0.2, 0.25) is 0 Å². The molecule has 0 amide bonds. The zero-order chi connectivity index (χ0) is 11.4. The van der Waals surface area contributed by atoms with Crippen molar-refractivity contribution in [3.8, 4) is 0 Å². The maximum atomic E-state index is 2.44. The quantitative estimate of drug-likeness (QED) is 0.506. The van der Waals surface area contributed by atoms with Crippen LogP contribution in [0.1, 0.15) is 58.3 Å². The van der Waals surface area contributed by atoms with Gasteiger partial charge < -0.3 is 0 Å². The zero-order valence-electron chi connectivity index (χ0n) is 11.1. The van der Waals surface area contributed by atoms with Crippen molar-refractivity contribution < 1.29 is 0 Å². The SMILES string of the molecule is C/C=C/C1CCC(C2CCC([SiH3])CC2)CC1. The molecule has 0 aromatic carbocycles. The lowest BCUT2D eigenvalue weighted by molar-refractivity contribution is 0.180. The molecule has 0 saturated heterocycles.